The lowest BCUT2D eigenvalue weighted by molar-refractivity contribution is -0.155. The van der Waals surface area contributed by atoms with Gasteiger partial charge in [-0.05, 0) is 45.4 Å². The molecule has 0 aromatic rings. The van der Waals surface area contributed by atoms with Crippen molar-refractivity contribution in [2.45, 2.75) is 63.9 Å². The standard InChI is InChI=1S/C15H24ClIO2/c1-14(7-4-5-10-16)12-6-2-3-8-15(12,9-11-17)19-13(14)18/h12H,2-11H2,1H3/t12?,14-,15?/m1/s1. The summed E-state index contributed by atoms with van der Waals surface area (Å²) in [6.45, 7) is 2.13. The Hall–Kier alpha value is 0.490. The molecule has 1 aliphatic heterocycles. The zero-order chi connectivity index (χ0) is 13.9. The van der Waals surface area contributed by atoms with Gasteiger partial charge in [0.15, 0.2) is 0 Å². The van der Waals surface area contributed by atoms with Gasteiger partial charge in [0.1, 0.15) is 5.60 Å². The van der Waals surface area contributed by atoms with Gasteiger partial charge in [-0.3, -0.25) is 4.79 Å². The minimum absolute atomic E-state index is 0.0545. The van der Waals surface area contributed by atoms with Gasteiger partial charge in [0.25, 0.3) is 0 Å². The van der Waals surface area contributed by atoms with Crippen LogP contribution in [0.2, 0.25) is 0 Å². The molecule has 0 spiro atoms. The fourth-order valence-electron chi connectivity index (χ4n) is 4.05. The first-order valence-corrected chi connectivity index (χ1v) is 9.50. The SMILES string of the molecule is C[C@]1(CCCCCl)C(=O)OC2(CCI)CCCCC21. The Morgan fingerprint density at radius 3 is 2.84 bits per heavy atom. The molecule has 2 rings (SSSR count). The van der Waals surface area contributed by atoms with Crippen molar-refractivity contribution >= 4 is 40.2 Å². The van der Waals surface area contributed by atoms with E-state index in [0.717, 1.165) is 43.0 Å². The number of hydrogen-bond acceptors (Lipinski definition) is 2. The summed E-state index contributed by atoms with van der Waals surface area (Å²) in [5.74, 6) is 1.17. The number of esters is 1. The van der Waals surface area contributed by atoms with E-state index in [1.54, 1.807) is 0 Å². The van der Waals surface area contributed by atoms with Gasteiger partial charge >= 0.3 is 5.97 Å². The molecule has 2 fully saturated rings. The molecule has 2 unspecified atom stereocenters. The second-order valence-corrected chi connectivity index (χ2v) is 7.71. The summed E-state index contributed by atoms with van der Waals surface area (Å²) < 4.78 is 7.03. The van der Waals surface area contributed by atoms with Crippen molar-refractivity contribution in [3.05, 3.63) is 0 Å². The van der Waals surface area contributed by atoms with Gasteiger partial charge in [0.2, 0.25) is 0 Å². The van der Waals surface area contributed by atoms with Crippen molar-refractivity contribution in [1.29, 1.82) is 0 Å². The van der Waals surface area contributed by atoms with Gasteiger partial charge in [-0.25, -0.2) is 0 Å². The third-order valence-corrected chi connectivity index (χ3v) is 5.91. The van der Waals surface area contributed by atoms with Crippen LogP contribution in [0.3, 0.4) is 0 Å². The number of carbonyl (C=O) groups excluding carboxylic acids is 1. The zero-order valence-electron chi connectivity index (χ0n) is 11.7. The maximum Gasteiger partial charge on any atom is 0.312 e. The summed E-state index contributed by atoms with van der Waals surface area (Å²) in [7, 11) is 0. The minimum Gasteiger partial charge on any atom is -0.458 e. The van der Waals surface area contributed by atoms with E-state index in [2.05, 4.69) is 29.5 Å². The van der Waals surface area contributed by atoms with Gasteiger partial charge in [-0.2, -0.15) is 0 Å². The summed E-state index contributed by atoms with van der Waals surface area (Å²) in [4.78, 5) is 12.5. The molecule has 4 heteroatoms. The Bertz CT molecular complexity index is 332. The molecule has 0 radical (unpaired) electrons. The maximum atomic E-state index is 12.5. The lowest BCUT2D eigenvalue weighted by atomic mass is 9.62. The van der Waals surface area contributed by atoms with Crippen LogP contribution in [0.5, 0.6) is 0 Å². The molecular weight excluding hydrogens is 375 g/mol. The number of rotatable bonds is 6. The molecule has 0 amide bonds. The Morgan fingerprint density at radius 1 is 1.37 bits per heavy atom. The largest absolute Gasteiger partial charge is 0.458 e. The summed E-state index contributed by atoms with van der Waals surface area (Å²) in [5, 5.41) is 0. The number of ether oxygens (including phenoxy) is 1. The third kappa shape index (κ3) is 2.92. The first-order valence-electron chi connectivity index (χ1n) is 7.44. The molecule has 1 saturated carbocycles. The van der Waals surface area contributed by atoms with Crippen molar-refractivity contribution in [3.8, 4) is 0 Å². The quantitative estimate of drug-likeness (QED) is 0.280. The summed E-state index contributed by atoms with van der Waals surface area (Å²) in [6, 6.07) is 0. The van der Waals surface area contributed by atoms with E-state index in [9.17, 15) is 4.79 Å². The van der Waals surface area contributed by atoms with Crippen LogP contribution >= 0.6 is 34.2 Å². The molecule has 1 saturated heterocycles. The number of halogens is 2. The van der Waals surface area contributed by atoms with Crippen molar-refractivity contribution < 1.29 is 9.53 Å². The molecule has 2 aliphatic rings. The van der Waals surface area contributed by atoms with Gasteiger partial charge < -0.3 is 4.74 Å². The Labute approximate surface area is 135 Å². The van der Waals surface area contributed by atoms with Crippen molar-refractivity contribution in [1.82, 2.24) is 0 Å². The van der Waals surface area contributed by atoms with Crippen LogP contribution in [0.4, 0.5) is 0 Å². The molecule has 0 aromatic heterocycles. The van der Waals surface area contributed by atoms with Gasteiger partial charge in [0.05, 0.1) is 5.41 Å². The number of hydrogen-bond donors (Lipinski definition) is 0. The van der Waals surface area contributed by atoms with E-state index in [-0.39, 0.29) is 17.0 Å². The summed E-state index contributed by atoms with van der Waals surface area (Å²) in [6.07, 6.45) is 8.66. The first-order chi connectivity index (χ1) is 9.09. The van der Waals surface area contributed by atoms with Gasteiger partial charge in [-0.15, -0.1) is 11.6 Å². The van der Waals surface area contributed by atoms with Crippen molar-refractivity contribution in [2.24, 2.45) is 11.3 Å². The average Bonchev–Trinajstić information content (AvgIpc) is 2.60. The molecule has 0 bridgehead atoms. The van der Waals surface area contributed by atoms with Crippen LogP contribution in [0.1, 0.15) is 58.3 Å². The van der Waals surface area contributed by atoms with Gasteiger partial charge in [0, 0.05) is 16.2 Å². The Morgan fingerprint density at radius 2 is 2.16 bits per heavy atom. The van der Waals surface area contributed by atoms with Gasteiger partial charge in [-0.1, -0.05) is 35.4 Å². The molecule has 2 nitrogen and oxygen atoms in total. The highest BCUT2D eigenvalue weighted by Crippen LogP contribution is 2.56. The fourth-order valence-corrected chi connectivity index (χ4v) is 5.15. The predicted octanol–water partition coefficient (Wildman–Crippen LogP) is 4.71. The van der Waals surface area contributed by atoms with Crippen LogP contribution < -0.4 is 0 Å². The smallest absolute Gasteiger partial charge is 0.312 e. The minimum atomic E-state index is -0.266. The second kappa shape index (κ2) is 6.50. The fraction of sp³-hybridized carbons (Fsp3) is 0.933. The highest BCUT2D eigenvalue weighted by Gasteiger charge is 2.61. The number of carbonyl (C=O) groups is 1. The maximum absolute atomic E-state index is 12.5. The summed E-state index contributed by atoms with van der Waals surface area (Å²) >= 11 is 8.17. The summed E-state index contributed by atoms with van der Waals surface area (Å²) in [5.41, 5.74) is -0.412. The van der Waals surface area contributed by atoms with Crippen molar-refractivity contribution in [2.75, 3.05) is 10.3 Å². The molecule has 1 aliphatic carbocycles. The first kappa shape index (κ1) is 15.9. The normalized spacial score (nSPS) is 38.1. The zero-order valence-corrected chi connectivity index (χ0v) is 14.6. The van der Waals surface area contributed by atoms with Crippen LogP contribution in [-0.4, -0.2) is 21.9 Å². The monoisotopic (exact) mass is 398 g/mol. The van der Waals surface area contributed by atoms with Crippen LogP contribution in [0.15, 0.2) is 0 Å². The van der Waals surface area contributed by atoms with Crippen LogP contribution in [0.25, 0.3) is 0 Å². The molecular formula is C15H24ClIO2. The second-order valence-electron chi connectivity index (χ2n) is 6.26. The molecule has 19 heavy (non-hydrogen) atoms. The average molecular weight is 399 g/mol. The molecule has 3 atom stereocenters. The Balaban J connectivity index is 2.17. The van der Waals surface area contributed by atoms with Crippen LogP contribution in [0, 0.1) is 11.3 Å². The number of alkyl halides is 2. The van der Waals surface area contributed by atoms with Crippen LogP contribution in [-0.2, 0) is 9.53 Å². The Kier molecular flexibility index (Phi) is 5.43. The lowest BCUT2D eigenvalue weighted by Crippen LogP contribution is -2.43. The number of fused-ring (bicyclic) bond motifs is 1. The van der Waals surface area contributed by atoms with E-state index in [1.165, 1.54) is 12.8 Å². The highest BCUT2D eigenvalue weighted by atomic mass is 127. The molecule has 0 N–H and O–H groups in total. The number of unbranched alkanes of at least 4 members (excludes halogenated alkanes) is 1. The van der Waals surface area contributed by atoms with E-state index in [4.69, 9.17) is 16.3 Å². The topological polar surface area (TPSA) is 26.3 Å². The molecule has 0 aromatic carbocycles. The van der Waals surface area contributed by atoms with E-state index in [0.29, 0.717) is 11.8 Å². The van der Waals surface area contributed by atoms with E-state index >= 15 is 0 Å². The molecule has 110 valence electrons. The highest BCUT2D eigenvalue weighted by molar-refractivity contribution is 14.1. The third-order valence-electron chi connectivity index (χ3n) is 5.11. The van der Waals surface area contributed by atoms with Crippen molar-refractivity contribution in [3.63, 3.8) is 0 Å². The predicted molar refractivity (Wildman–Crippen MR) is 87.0 cm³/mol. The van der Waals surface area contributed by atoms with E-state index < -0.39 is 0 Å². The lowest BCUT2D eigenvalue weighted by Gasteiger charge is -2.41. The molecule has 1 heterocycles. The van der Waals surface area contributed by atoms with E-state index in [1.807, 2.05) is 0 Å².